The van der Waals surface area contributed by atoms with Gasteiger partial charge in [0.2, 0.25) is 0 Å². The van der Waals surface area contributed by atoms with E-state index in [1.54, 1.807) is 6.08 Å². The molecule has 0 aliphatic heterocycles. The molecule has 18 heavy (non-hydrogen) atoms. The molecule has 0 atom stereocenters. The minimum atomic E-state index is 0.0226. The van der Waals surface area contributed by atoms with Crippen LogP contribution in [0.3, 0.4) is 0 Å². The molecule has 1 nitrogen and oxygen atoms in total. The van der Waals surface area contributed by atoms with Crippen molar-refractivity contribution in [3.8, 4) is 0 Å². The highest BCUT2D eigenvalue weighted by Gasteiger charge is 2.01. The second-order valence-electron chi connectivity index (χ2n) is 4.09. The summed E-state index contributed by atoms with van der Waals surface area (Å²) in [6.07, 6.45) is 3.43. The molecule has 0 saturated heterocycles. The van der Waals surface area contributed by atoms with Gasteiger partial charge in [0.15, 0.2) is 5.78 Å². The monoisotopic (exact) mass is 300 g/mol. The van der Waals surface area contributed by atoms with Gasteiger partial charge in [0.05, 0.1) is 0 Å². The zero-order chi connectivity index (χ0) is 13.0. The Kier molecular flexibility index (Phi) is 4.11. The van der Waals surface area contributed by atoms with Crippen LogP contribution in [0, 0.1) is 6.92 Å². The van der Waals surface area contributed by atoms with Crippen molar-refractivity contribution >= 4 is 27.8 Å². The first-order valence-electron chi connectivity index (χ1n) is 5.70. The average molecular weight is 301 g/mol. The molecule has 0 N–H and O–H groups in total. The maximum atomic E-state index is 12.0. The van der Waals surface area contributed by atoms with Crippen LogP contribution in [0.25, 0.3) is 6.08 Å². The zero-order valence-corrected chi connectivity index (χ0v) is 11.6. The Morgan fingerprint density at radius 2 is 1.89 bits per heavy atom. The molecule has 0 aliphatic carbocycles. The number of halogens is 1. The highest BCUT2D eigenvalue weighted by atomic mass is 79.9. The molecule has 0 saturated carbocycles. The number of hydrogen-bond acceptors (Lipinski definition) is 1. The van der Waals surface area contributed by atoms with E-state index in [1.165, 1.54) is 0 Å². The molecule has 0 radical (unpaired) electrons. The van der Waals surface area contributed by atoms with Crippen LogP contribution in [0.5, 0.6) is 0 Å². The minimum Gasteiger partial charge on any atom is -0.289 e. The van der Waals surface area contributed by atoms with E-state index in [-0.39, 0.29) is 5.78 Å². The summed E-state index contributed by atoms with van der Waals surface area (Å²) in [6, 6.07) is 15.4. The Balaban J connectivity index is 2.20. The number of aryl methyl sites for hydroxylation is 1. The lowest BCUT2D eigenvalue weighted by molar-refractivity contribution is 0.104. The summed E-state index contributed by atoms with van der Waals surface area (Å²) in [5.41, 5.74) is 2.81. The third-order valence-corrected chi connectivity index (χ3v) is 3.34. The van der Waals surface area contributed by atoms with E-state index < -0.39 is 0 Å². The molecular formula is C16H13BrO. The summed E-state index contributed by atoms with van der Waals surface area (Å²) >= 11 is 3.45. The lowest BCUT2D eigenvalue weighted by atomic mass is 10.1. The van der Waals surface area contributed by atoms with Crippen molar-refractivity contribution in [1.29, 1.82) is 0 Å². The van der Waals surface area contributed by atoms with Crippen molar-refractivity contribution in [3.63, 3.8) is 0 Å². The molecule has 0 amide bonds. The SMILES string of the molecule is Cc1cccc(C(=O)/C=C/c2ccccc2Br)c1. The fourth-order valence-corrected chi connectivity index (χ4v) is 2.09. The van der Waals surface area contributed by atoms with Gasteiger partial charge in [0.1, 0.15) is 0 Å². The first-order chi connectivity index (χ1) is 8.66. The number of allylic oxidation sites excluding steroid dienone is 1. The van der Waals surface area contributed by atoms with Gasteiger partial charge in [-0.2, -0.15) is 0 Å². The van der Waals surface area contributed by atoms with Gasteiger partial charge in [-0.3, -0.25) is 4.79 Å². The second kappa shape index (κ2) is 5.78. The number of ketones is 1. The van der Waals surface area contributed by atoms with Crippen molar-refractivity contribution in [2.24, 2.45) is 0 Å². The fourth-order valence-electron chi connectivity index (χ4n) is 1.67. The number of carbonyl (C=O) groups excluding carboxylic acids is 1. The first kappa shape index (κ1) is 12.8. The Morgan fingerprint density at radius 1 is 1.11 bits per heavy atom. The zero-order valence-electron chi connectivity index (χ0n) is 10.1. The van der Waals surface area contributed by atoms with Gasteiger partial charge in [-0.1, -0.05) is 57.9 Å². The Hall–Kier alpha value is -1.67. The molecular weight excluding hydrogens is 288 g/mol. The second-order valence-corrected chi connectivity index (χ2v) is 4.94. The van der Waals surface area contributed by atoms with Crippen LogP contribution in [0.4, 0.5) is 0 Å². The van der Waals surface area contributed by atoms with Gasteiger partial charge in [0.25, 0.3) is 0 Å². The topological polar surface area (TPSA) is 17.1 Å². The molecule has 2 aromatic carbocycles. The van der Waals surface area contributed by atoms with Crippen molar-refractivity contribution in [2.45, 2.75) is 6.92 Å². The maximum Gasteiger partial charge on any atom is 0.185 e. The van der Waals surface area contributed by atoms with E-state index in [0.29, 0.717) is 0 Å². The third-order valence-electron chi connectivity index (χ3n) is 2.62. The van der Waals surface area contributed by atoms with Crippen LogP contribution >= 0.6 is 15.9 Å². The lowest BCUT2D eigenvalue weighted by Crippen LogP contribution is -1.94. The number of rotatable bonds is 3. The number of benzene rings is 2. The predicted molar refractivity (Wildman–Crippen MR) is 78.7 cm³/mol. The van der Waals surface area contributed by atoms with E-state index in [0.717, 1.165) is 21.2 Å². The molecule has 0 fully saturated rings. The van der Waals surface area contributed by atoms with Crippen LogP contribution in [0.2, 0.25) is 0 Å². The smallest absolute Gasteiger partial charge is 0.185 e. The quantitative estimate of drug-likeness (QED) is 0.595. The largest absolute Gasteiger partial charge is 0.289 e. The highest BCUT2D eigenvalue weighted by Crippen LogP contribution is 2.17. The molecule has 90 valence electrons. The molecule has 0 bridgehead atoms. The van der Waals surface area contributed by atoms with Gasteiger partial charge in [-0.05, 0) is 36.8 Å². The summed E-state index contributed by atoms with van der Waals surface area (Å²) in [4.78, 5) is 12.0. The third kappa shape index (κ3) is 3.17. The van der Waals surface area contributed by atoms with Crippen molar-refractivity contribution in [2.75, 3.05) is 0 Å². The van der Waals surface area contributed by atoms with Gasteiger partial charge in [-0.25, -0.2) is 0 Å². The van der Waals surface area contributed by atoms with E-state index in [1.807, 2.05) is 61.5 Å². The summed E-state index contributed by atoms with van der Waals surface area (Å²) in [5, 5.41) is 0. The van der Waals surface area contributed by atoms with Crippen molar-refractivity contribution < 1.29 is 4.79 Å². The normalized spacial score (nSPS) is 10.8. The molecule has 2 aromatic rings. The van der Waals surface area contributed by atoms with Crippen LogP contribution in [0.1, 0.15) is 21.5 Å². The highest BCUT2D eigenvalue weighted by molar-refractivity contribution is 9.10. The number of carbonyl (C=O) groups is 1. The van der Waals surface area contributed by atoms with Gasteiger partial charge >= 0.3 is 0 Å². The van der Waals surface area contributed by atoms with E-state index in [4.69, 9.17) is 0 Å². The maximum absolute atomic E-state index is 12.0. The summed E-state index contributed by atoms with van der Waals surface area (Å²) in [5.74, 6) is 0.0226. The van der Waals surface area contributed by atoms with Crippen LogP contribution < -0.4 is 0 Å². The first-order valence-corrected chi connectivity index (χ1v) is 6.50. The van der Waals surface area contributed by atoms with Crippen LogP contribution in [-0.4, -0.2) is 5.78 Å². The molecule has 0 heterocycles. The fraction of sp³-hybridized carbons (Fsp3) is 0.0625. The van der Waals surface area contributed by atoms with Crippen molar-refractivity contribution in [1.82, 2.24) is 0 Å². The van der Waals surface area contributed by atoms with E-state index >= 15 is 0 Å². The summed E-state index contributed by atoms with van der Waals surface area (Å²) in [6.45, 7) is 1.98. The molecule has 0 unspecified atom stereocenters. The summed E-state index contributed by atoms with van der Waals surface area (Å²) < 4.78 is 0.985. The Labute approximate surface area is 115 Å². The van der Waals surface area contributed by atoms with E-state index in [9.17, 15) is 4.79 Å². The van der Waals surface area contributed by atoms with Gasteiger partial charge < -0.3 is 0 Å². The lowest BCUT2D eigenvalue weighted by Gasteiger charge is -1.99. The van der Waals surface area contributed by atoms with Gasteiger partial charge in [-0.15, -0.1) is 0 Å². The molecule has 2 heteroatoms. The predicted octanol–water partition coefficient (Wildman–Crippen LogP) is 4.65. The minimum absolute atomic E-state index is 0.0226. The standard InChI is InChI=1S/C16H13BrO/c1-12-5-4-7-14(11-12)16(18)10-9-13-6-2-3-8-15(13)17/h2-11H,1H3/b10-9+. The van der Waals surface area contributed by atoms with Crippen LogP contribution in [-0.2, 0) is 0 Å². The molecule has 0 aliphatic rings. The molecule has 0 aromatic heterocycles. The van der Waals surface area contributed by atoms with Crippen molar-refractivity contribution in [3.05, 3.63) is 75.8 Å². The molecule has 2 rings (SSSR count). The average Bonchev–Trinajstić information content (AvgIpc) is 2.37. The van der Waals surface area contributed by atoms with E-state index in [2.05, 4.69) is 15.9 Å². The van der Waals surface area contributed by atoms with Gasteiger partial charge in [0, 0.05) is 10.0 Å². The molecule has 0 spiro atoms. The number of hydrogen-bond donors (Lipinski definition) is 0. The van der Waals surface area contributed by atoms with Crippen LogP contribution in [0.15, 0.2) is 59.1 Å². The summed E-state index contributed by atoms with van der Waals surface area (Å²) in [7, 11) is 0. The Bertz CT molecular complexity index is 600. The Morgan fingerprint density at radius 3 is 2.61 bits per heavy atom.